The summed E-state index contributed by atoms with van der Waals surface area (Å²) in [6.45, 7) is 2.16. The van der Waals surface area contributed by atoms with Crippen LogP contribution in [0.5, 0.6) is 0 Å². The molecule has 1 amide bonds. The van der Waals surface area contributed by atoms with E-state index < -0.39 is 11.4 Å². The summed E-state index contributed by atoms with van der Waals surface area (Å²) in [5.74, 6) is -1.02. The van der Waals surface area contributed by atoms with Crippen LogP contribution in [0.4, 0.5) is 0 Å². The van der Waals surface area contributed by atoms with Gasteiger partial charge in [-0.2, -0.15) is 0 Å². The number of hydrogen-bond donors (Lipinski definition) is 2. The summed E-state index contributed by atoms with van der Waals surface area (Å²) >= 11 is 12.0. The zero-order valence-corrected chi connectivity index (χ0v) is 13.9. The Kier molecular flexibility index (Phi) is 5.35. The van der Waals surface area contributed by atoms with Crippen molar-refractivity contribution >= 4 is 35.1 Å². The Bertz CT molecular complexity index is 585. The van der Waals surface area contributed by atoms with Gasteiger partial charge in [0.15, 0.2) is 0 Å². The summed E-state index contributed by atoms with van der Waals surface area (Å²) < 4.78 is 0. The summed E-state index contributed by atoms with van der Waals surface area (Å²) in [5.41, 5.74) is 0.313. The molecule has 1 unspecified atom stereocenters. The number of hydrogen-bond acceptors (Lipinski definition) is 2. The molecule has 6 heteroatoms. The second-order valence-corrected chi connectivity index (χ2v) is 6.79. The van der Waals surface area contributed by atoms with E-state index in [0.29, 0.717) is 16.6 Å². The highest BCUT2D eigenvalue weighted by atomic mass is 35.5. The molecule has 120 valence electrons. The van der Waals surface area contributed by atoms with Crippen LogP contribution in [-0.4, -0.2) is 23.5 Å². The molecule has 1 atom stereocenters. The normalized spacial score (nSPS) is 17.4. The van der Waals surface area contributed by atoms with Crippen molar-refractivity contribution < 1.29 is 14.7 Å². The second-order valence-electron chi connectivity index (χ2n) is 5.98. The molecule has 1 aliphatic carbocycles. The lowest BCUT2D eigenvalue weighted by atomic mass is 9.64. The third-order valence-corrected chi connectivity index (χ3v) is 4.99. The van der Waals surface area contributed by atoms with Crippen molar-refractivity contribution in [1.29, 1.82) is 0 Å². The SMILES string of the molecule is CC(CNC(=O)C1(c2ccc(Cl)c(Cl)c2)CCC1)CC(=O)O. The fraction of sp³-hybridized carbons (Fsp3) is 0.500. The van der Waals surface area contributed by atoms with Crippen LogP contribution in [0.2, 0.25) is 10.0 Å². The average Bonchev–Trinajstić information content (AvgIpc) is 2.38. The van der Waals surface area contributed by atoms with Crippen LogP contribution < -0.4 is 5.32 Å². The molecule has 1 aliphatic rings. The second kappa shape index (κ2) is 6.88. The Labute approximate surface area is 139 Å². The number of halogens is 2. The average molecular weight is 344 g/mol. The van der Waals surface area contributed by atoms with Crippen LogP contribution in [0.3, 0.4) is 0 Å². The molecule has 1 aromatic rings. The van der Waals surface area contributed by atoms with Crippen molar-refractivity contribution in [3.8, 4) is 0 Å². The van der Waals surface area contributed by atoms with Gasteiger partial charge in [-0.15, -0.1) is 0 Å². The maximum absolute atomic E-state index is 12.6. The lowest BCUT2D eigenvalue weighted by Gasteiger charge is -2.41. The predicted octanol–water partition coefficient (Wildman–Crippen LogP) is 3.64. The molecule has 0 bridgehead atoms. The number of aliphatic carboxylic acids is 1. The zero-order valence-electron chi connectivity index (χ0n) is 12.4. The number of carboxylic acid groups (broad SMARTS) is 1. The van der Waals surface area contributed by atoms with E-state index in [-0.39, 0.29) is 18.2 Å². The molecular formula is C16H19Cl2NO3. The van der Waals surface area contributed by atoms with Crippen molar-refractivity contribution in [3.05, 3.63) is 33.8 Å². The molecule has 2 rings (SSSR count). The molecule has 1 fully saturated rings. The van der Waals surface area contributed by atoms with Gasteiger partial charge in [0.05, 0.1) is 15.5 Å². The predicted molar refractivity (Wildman–Crippen MR) is 86.4 cm³/mol. The van der Waals surface area contributed by atoms with Gasteiger partial charge in [-0.05, 0) is 36.5 Å². The number of carbonyl (C=O) groups is 2. The van der Waals surface area contributed by atoms with Crippen LogP contribution in [0, 0.1) is 5.92 Å². The Balaban J connectivity index is 2.08. The first-order valence-corrected chi connectivity index (χ1v) is 8.06. The van der Waals surface area contributed by atoms with Crippen LogP contribution in [-0.2, 0) is 15.0 Å². The molecule has 1 aromatic carbocycles. The highest BCUT2D eigenvalue weighted by Gasteiger charge is 2.45. The third-order valence-electron chi connectivity index (χ3n) is 4.25. The first-order chi connectivity index (χ1) is 10.3. The zero-order chi connectivity index (χ0) is 16.3. The molecule has 1 saturated carbocycles. The van der Waals surface area contributed by atoms with Crippen LogP contribution >= 0.6 is 23.2 Å². The number of benzene rings is 1. The van der Waals surface area contributed by atoms with Gasteiger partial charge in [0.25, 0.3) is 0 Å². The summed E-state index contributed by atoms with van der Waals surface area (Å²) in [4.78, 5) is 23.3. The van der Waals surface area contributed by atoms with Crippen molar-refractivity contribution in [2.45, 2.75) is 38.0 Å². The van der Waals surface area contributed by atoms with E-state index in [9.17, 15) is 9.59 Å². The monoisotopic (exact) mass is 343 g/mol. The van der Waals surface area contributed by atoms with Crippen molar-refractivity contribution in [2.75, 3.05) is 6.54 Å². The number of carbonyl (C=O) groups excluding carboxylic acids is 1. The standard InChI is InChI=1S/C16H19Cl2NO3/c1-10(7-14(20)21)9-19-15(22)16(5-2-6-16)11-3-4-12(17)13(18)8-11/h3-4,8,10H,2,5-7,9H2,1H3,(H,19,22)(H,20,21). The molecule has 0 spiro atoms. The fourth-order valence-corrected chi connectivity index (χ4v) is 3.08. The highest BCUT2D eigenvalue weighted by molar-refractivity contribution is 6.42. The van der Waals surface area contributed by atoms with E-state index >= 15 is 0 Å². The van der Waals surface area contributed by atoms with Gasteiger partial charge in [0.2, 0.25) is 5.91 Å². The Morgan fingerprint density at radius 1 is 1.32 bits per heavy atom. The number of rotatable bonds is 6. The van der Waals surface area contributed by atoms with E-state index in [1.165, 1.54) is 0 Å². The third kappa shape index (κ3) is 3.55. The Morgan fingerprint density at radius 2 is 2.00 bits per heavy atom. The lowest BCUT2D eigenvalue weighted by Crippen LogP contribution is -2.50. The first-order valence-electron chi connectivity index (χ1n) is 7.31. The van der Waals surface area contributed by atoms with E-state index in [0.717, 1.165) is 24.8 Å². The fourth-order valence-electron chi connectivity index (χ4n) is 2.78. The largest absolute Gasteiger partial charge is 0.481 e. The van der Waals surface area contributed by atoms with Gasteiger partial charge >= 0.3 is 5.97 Å². The number of carboxylic acids is 1. The smallest absolute Gasteiger partial charge is 0.303 e. The van der Waals surface area contributed by atoms with Gasteiger partial charge in [0, 0.05) is 13.0 Å². The Hall–Kier alpha value is -1.26. The number of amides is 1. The van der Waals surface area contributed by atoms with E-state index in [2.05, 4.69) is 5.32 Å². The van der Waals surface area contributed by atoms with Gasteiger partial charge in [-0.1, -0.05) is 42.6 Å². The van der Waals surface area contributed by atoms with E-state index in [4.69, 9.17) is 28.3 Å². The molecule has 4 nitrogen and oxygen atoms in total. The molecule has 0 aliphatic heterocycles. The molecule has 0 radical (unpaired) electrons. The highest BCUT2D eigenvalue weighted by Crippen LogP contribution is 2.45. The Morgan fingerprint density at radius 3 is 2.50 bits per heavy atom. The lowest BCUT2D eigenvalue weighted by molar-refractivity contribution is -0.138. The van der Waals surface area contributed by atoms with Gasteiger partial charge in [0.1, 0.15) is 0 Å². The van der Waals surface area contributed by atoms with Gasteiger partial charge < -0.3 is 10.4 Å². The molecule has 2 N–H and O–H groups in total. The van der Waals surface area contributed by atoms with Crippen molar-refractivity contribution in [3.63, 3.8) is 0 Å². The molecule has 0 aromatic heterocycles. The van der Waals surface area contributed by atoms with Crippen LogP contribution in [0.1, 0.15) is 38.2 Å². The molecule has 0 heterocycles. The quantitative estimate of drug-likeness (QED) is 0.828. The minimum Gasteiger partial charge on any atom is -0.481 e. The first kappa shape index (κ1) is 17.1. The van der Waals surface area contributed by atoms with Crippen molar-refractivity contribution in [1.82, 2.24) is 5.32 Å². The van der Waals surface area contributed by atoms with Gasteiger partial charge in [-0.25, -0.2) is 0 Å². The van der Waals surface area contributed by atoms with Gasteiger partial charge in [-0.3, -0.25) is 9.59 Å². The minimum atomic E-state index is -0.857. The summed E-state index contributed by atoms with van der Waals surface area (Å²) in [6.07, 6.45) is 2.56. The molecule has 0 saturated heterocycles. The summed E-state index contributed by atoms with van der Waals surface area (Å²) in [5, 5.41) is 12.6. The topological polar surface area (TPSA) is 66.4 Å². The van der Waals surface area contributed by atoms with Crippen LogP contribution in [0.15, 0.2) is 18.2 Å². The number of nitrogens with one attached hydrogen (secondary N) is 1. The maximum atomic E-state index is 12.6. The maximum Gasteiger partial charge on any atom is 0.303 e. The minimum absolute atomic E-state index is 0.0417. The van der Waals surface area contributed by atoms with E-state index in [1.807, 2.05) is 6.07 Å². The summed E-state index contributed by atoms with van der Waals surface area (Å²) in [7, 11) is 0. The van der Waals surface area contributed by atoms with Crippen molar-refractivity contribution in [2.24, 2.45) is 5.92 Å². The van der Waals surface area contributed by atoms with E-state index in [1.54, 1.807) is 19.1 Å². The molecule has 22 heavy (non-hydrogen) atoms. The molecular weight excluding hydrogens is 325 g/mol. The summed E-state index contributed by atoms with van der Waals surface area (Å²) in [6, 6.07) is 5.30. The van der Waals surface area contributed by atoms with Crippen LogP contribution in [0.25, 0.3) is 0 Å².